The summed E-state index contributed by atoms with van der Waals surface area (Å²) in [5.74, 6) is -0.0950. The van der Waals surface area contributed by atoms with Crippen LogP contribution in [0.1, 0.15) is 50.2 Å². The van der Waals surface area contributed by atoms with Crippen LogP contribution in [-0.4, -0.2) is 42.4 Å². The minimum absolute atomic E-state index is 0.00827. The maximum atomic E-state index is 12.4. The maximum Gasteiger partial charge on any atom is 0.238 e. The number of aryl methyl sites for hydroxylation is 1. The second kappa shape index (κ2) is 8.99. The Bertz CT molecular complexity index is 609. The molecule has 1 aromatic rings. The second-order valence-electron chi connectivity index (χ2n) is 7.23. The van der Waals surface area contributed by atoms with Crippen LogP contribution in [0.5, 0.6) is 0 Å². The van der Waals surface area contributed by atoms with Gasteiger partial charge in [0.1, 0.15) is 0 Å². The van der Waals surface area contributed by atoms with Gasteiger partial charge in [-0.1, -0.05) is 31.4 Å². The van der Waals surface area contributed by atoms with Gasteiger partial charge in [-0.25, -0.2) is 0 Å². The molecular weight excluding hydrogens is 314 g/mol. The van der Waals surface area contributed by atoms with Gasteiger partial charge in [0.2, 0.25) is 11.8 Å². The van der Waals surface area contributed by atoms with Crippen molar-refractivity contribution < 1.29 is 9.59 Å². The minimum atomic E-state index is -0.328. The number of carbonyl (C=O) groups excluding carboxylic acids is 2. The molecule has 2 rings (SSSR count). The summed E-state index contributed by atoms with van der Waals surface area (Å²) in [7, 11) is 1.81. The topological polar surface area (TPSA) is 61.4 Å². The first-order valence-electron chi connectivity index (χ1n) is 9.25. The molecule has 5 nitrogen and oxygen atoms in total. The van der Waals surface area contributed by atoms with E-state index in [1.165, 1.54) is 19.3 Å². The molecule has 0 saturated heterocycles. The third-order valence-electron chi connectivity index (χ3n) is 5.26. The Morgan fingerprint density at radius 2 is 1.88 bits per heavy atom. The fourth-order valence-electron chi connectivity index (χ4n) is 3.21. The Hall–Kier alpha value is -1.88. The molecule has 0 heterocycles. The van der Waals surface area contributed by atoms with Gasteiger partial charge in [-0.2, -0.15) is 0 Å². The van der Waals surface area contributed by atoms with Gasteiger partial charge >= 0.3 is 0 Å². The average Bonchev–Trinajstić information content (AvgIpc) is 2.59. The molecule has 2 amide bonds. The van der Waals surface area contributed by atoms with E-state index in [0.29, 0.717) is 6.04 Å². The molecule has 5 heteroatoms. The van der Waals surface area contributed by atoms with Crippen LogP contribution in [0, 0.1) is 13.8 Å². The first-order valence-corrected chi connectivity index (χ1v) is 9.25. The van der Waals surface area contributed by atoms with Crippen molar-refractivity contribution in [2.24, 2.45) is 0 Å². The number of hydrogen-bond acceptors (Lipinski definition) is 3. The van der Waals surface area contributed by atoms with E-state index in [-0.39, 0.29) is 24.4 Å². The van der Waals surface area contributed by atoms with Crippen LogP contribution in [0.4, 0.5) is 5.69 Å². The summed E-state index contributed by atoms with van der Waals surface area (Å²) in [4.78, 5) is 26.5. The second-order valence-corrected chi connectivity index (χ2v) is 7.23. The summed E-state index contributed by atoms with van der Waals surface area (Å²) in [6, 6.07) is 5.82. The number of carbonyl (C=O) groups is 2. The van der Waals surface area contributed by atoms with Crippen molar-refractivity contribution in [3.8, 4) is 0 Å². The molecule has 1 atom stereocenters. The summed E-state index contributed by atoms with van der Waals surface area (Å²) in [5, 5.41) is 6.07. The van der Waals surface area contributed by atoms with Crippen molar-refractivity contribution in [3.63, 3.8) is 0 Å². The zero-order valence-electron chi connectivity index (χ0n) is 15.9. The van der Waals surface area contributed by atoms with E-state index in [1.54, 1.807) is 4.90 Å². The number of hydrogen-bond donors (Lipinski definition) is 2. The monoisotopic (exact) mass is 345 g/mol. The highest BCUT2D eigenvalue weighted by Gasteiger charge is 2.23. The molecular formula is C20H31N3O2. The van der Waals surface area contributed by atoms with Crippen LogP contribution in [0.25, 0.3) is 0 Å². The summed E-state index contributed by atoms with van der Waals surface area (Å²) in [6.45, 7) is 6.06. The molecule has 0 radical (unpaired) electrons. The number of nitrogens with zero attached hydrogens (tertiary/aromatic N) is 1. The lowest BCUT2D eigenvalue weighted by Crippen LogP contribution is -2.49. The molecule has 0 aliphatic heterocycles. The van der Waals surface area contributed by atoms with Crippen LogP contribution in [0.15, 0.2) is 18.2 Å². The minimum Gasteiger partial charge on any atom is -0.352 e. The largest absolute Gasteiger partial charge is 0.352 e. The molecule has 2 N–H and O–H groups in total. The smallest absolute Gasteiger partial charge is 0.238 e. The van der Waals surface area contributed by atoms with Gasteiger partial charge in [-0.05, 0) is 57.9 Å². The van der Waals surface area contributed by atoms with E-state index in [9.17, 15) is 9.59 Å². The molecule has 0 spiro atoms. The molecule has 138 valence electrons. The first-order chi connectivity index (χ1) is 11.9. The van der Waals surface area contributed by atoms with Crippen molar-refractivity contribution in [3.05, 3.63) is 29.3 Å². The standard InChI is InChI=1S/C20H31N3O2/c1-14-9-8-12-18(15(14)2)22-19(24)13-23(4)16(3)20(25)21-17-10-6-5-7-11-17/h8-9,12,16-17H,5-7,10-11,13H2,1-4H3,(H,21,25)(H,22,24). The molecule has 1 aliphatic rings. The van der Waals surface area contributed by atoms with E-state index < -0.39 is 0 Å². The maximum absolute atomic E-state index is 12.4. The van der Waals surface area contributed by atoms with Gasteiger partial charge in [0.05, 0.1) is 12.6 Å². The SMILES string of the molecule is Cc1cccc(NC(=O)CN(C)C(C)C(=O)NC2CCCCC2)c1C. The van der Waals surface area contributed by atoms with Gasteiger partial charge in [-0.3, -0.25) is 14.5 Å². The normalized spacial score (nSPS) is 16.5. The first kappa shape index (κ1) is 19.4. The third-order valence-corrected chi connectivity index (χ3v) is 5.26. The Balaban J connectivity index is 1.84. The zero-order valence-corrected chi connectivity index (χ0v) is 15.9. The predicted molar refractivity (Wildman–Crippen MR) is 102 cm³/mol. The number of anilines is 1. The number of amides is 2. The van der Waals surface area contributed by atoms with Crippen molar-refractivity contribution in [2.45, 2.75) is 65.0 Å². The highest BCUT2D eigenvalue weighted by Crippen LogP contribution is 2.19. The quantitative estimate of drug-likeness (QED) is 0.833. The molecule has 0 bridgehead atoms. The third kappa shape index (κ3) is 5.56. The van der Waals surface area contributed by atoms with Gasteiger partial charge in [-0.15, -0.1) is 0 Å². The van der Waals surface area contributed by atoms with Gasteiger partial charge in [0, 0.05) is 11.7 Å². The van der Waals surface area contributed by atoms with Crippen LogP contribution >= 0.6 is 0 Å². The fourth-order valence-corrected chi connectivity index (χ4v) is 3.21. The van der Waals surface area contributed by atoms with Crippen LogP contribution in [0.3, 0.4) is 0 Å². The van der Waals surface area contributed by atoms with Crippen molar-refractivity contribution in [1.29, 1.82) is 0 Å². The molecule has 0 aromatic heterocycles. The molecule has 1 unspecified atom stereocenters. The van der Waals surface area contributed by atoms with E-state index in [0.717, 1.165) is 29.7 Å². The summed E-state index contributed by atoms with van der Waals surface area (Å²) in [6.07, 6.45) is 5.77. The fraction of sp³-hybridized carbons (Fsp3) is 0.600. The molecule has 1 aliphatic carbocycles. The van der Waals surface area contributed by atoms with Crippen molar-refractivity contribution in [2.75, 3.05) is 18.9 Å². The molecule has 25 heavy (non-hydrogen) atoms. The van der Waals surface area contributed by atoms with Crippen molar-refractivity contribution >= 4 is 17.5 Å². The summed E-state index contributed by atoms with van der Waals surface area (Å²) < 4.78 is 0. The average molecular weight is 345 g/mol. The van der Waals surface area contributed by atoms with Gasteiger partial charge in [0.25, 0.3) is 0 Å². The van der Waals surface area contributed by atoms with E-state index >= 15 is 0 Å². The van der Waals surface area contributed by atoms with Crippen LogP contribution < -0.4 is 10.6 Å². The predicted octanol–water partition coefficient (Wildman–Crippen LogP) is 3.01. The van der Waals surface area contributed by atoms with Crippen LogP contribution in [0.2, 0.25) is 0 Å². The summed E-state index contributed by atoms with van der Waals surface area (Å²) >= 11 is 0. The van der Waals surface area contributed by atoms with E-state index in [1.807, 2.05) is 46.0 Å². The lowest BCUT2D eigenvalue weighted by Gasteiger charge is -2.28. The van der Waals surface area contributed by atoms with Crippen LogP contribution in [-0.2, 0) is 9.59 Å². The zero-order chi connectivity index (χ0) is 18.4. The Labute approximate surface area is 151 Å². The van der Waals surface area contributed by atoms with Gasteiger partial charge < -0.3 is 10.6 Å². The molecule has 1 fully saturated rings. The molecule has 1 saturated carbocycles. The Kier molecular flexibility index (Phi) is 7.00. The number of nitrogens with one attached hydrogen (secondary N) is 2. The lowest BCUT2D eigenvalue weighted by molar-refractivity contribution is -0.127. The number of likely N-dealkylation sites (N-methyl/N-ethyl adjacent to an activating group) is 1. The Morgan fingerprint density at radius 1 is 1.20 bits per heavy atom. The van der Waals surface area contributed by atoms with Crippen molar-refractivity contribution in [1.82, 2.24) is 10.2 Å². The Morgan fingerprint density at radius 3 is 2.56 bits per heavy atom. The molecule has 1 aromatic carbocycles. The highest BCUT2D eigenvalue weighted by molar-refractivity contribution is 5.93. The number of rotatable bonds is 6. The van der Waals surface area contributed by atoms with Gasteiger partial charge in [0.15, 0.2) is 0 Å². The summed E-state index contributed by atoms with van der Waals surface area (Å²) in [5.41, 5.74) is 3.05. The number of benzene rings is 1. The lowest BCUT2D eigenvalue weighted by atomic mass is 9.95. The van der Waals surface area contributed by atoms with E-state index in [2.05, 4.69) is 10.6 Å². The van der Waals surface area contributed by atoms with E-state index in [4.69, 9.17) is 0 Å². The highest BCUT2D eigenvalue weighted by atomic mass is 16.2.